The maximum Gasteiger partial charge on any atom is 0.342 e. The molecular formula is C14H10Cl2O2S2. The first-order chi connectivity index (χ1) is 9.65. The number of thioether (sulfide) groups is 2. The molecule has 1 aromatic carbocycles. The van der Waals surface area contributed by atoms with Gasteiger partial charge in [-0.15, -0.1) is 23.5 Å². The van der Waals surface area contributed by atoms with Crippen LogP contribution in [0.1, 0.15) is 11.7 Å². The van der Waals surface area contributed by atoms with E-state index in [0.717, 1.165) is 21.3 Å². The molecule has 1 aromatic rings. The van der Waals surface area contributed by atoms with Gasteiger partial charge < -0.3 is 4.74 Å². The lowest BCUT2D eigenvalue weighted by molar-refractivity contribution is -0.142. The van der Waals surface area contributed by atoms with Crippen molar-refractivity contribution in [2.45, 2.75) is 6.10 Å². The third-order valence-electron chi connectivity index (χ3n) is 2.93. The van der Waals surface area contributed by atoms with E-state index in [2.05, 4.69) is 0 Å². The zero-order chi connectivity index (χ0) is 14.1. The molecule has 20 heavy (non-hydrogen) atoms. The fourth-order valence-electron chi connectivity index (χ4n) is 1.97. The van der Waals surface area contributed by atoms with Gasteiger partial charge in [0, 0.05) is 16.5 Å². The van der Waals surface area contributed by atoms with Crippen molar-refractivity contribution in [3.8, 4) is 0 Å². The lowest BCUT2D eigenvalue weighted by Gasteiger charge is -2.22. The molecule has 3 rings (SSSR count). The van der Waals surface area contributed by atoms with Gasteiger partial charge in [0.2, 0.25) is 0 Å². The highest BCUT2D eigenvalue weighted by molar-refractivity contribution is 8.25. The number of carbonyl (C=O) groups is 1. The molecule has 0 amide bonds. The van der Waals surface area contributed by atoms with E-state index in [1.54, 1.807) is 41.7 Å². The zero-order valence-corrected chi connectivity index (χ0v) is 13.4. The summed E-state index contributed by atoms with van der Waals surface area (Å²) in [7, 11) is 0. The van der Waals surface area contributed by atoms with Crippen LogP contribution in [0.5, 0.6) is 0 Å². The van der Waals surface area contributed by atoms with Crippen LogP contribution < -0.4 is 0 Å². The highest BCUT2D eigenvalue weighted by Crippen LogP contribution is 2.44. The fourth-order valence-corrected chi connectivity index (χ4v) is 5.04. The van der Waals surface area contributed by atoms with Gasteiger partial charge in [-0.2, -0.15) is 0 Å². The summed E-state index contributed by atoms with van der Waals surface area (Å²) in [5.74, 6) is 1.65. The first-order valence-corrected chi connectivity index (χ1v) is 8.72. The van der Waals surface area contributed by atoms with E-state index in [-0.39, 0.29) is 5.97 Å². The number of hydrogen-bond acceptors (Lipinski definition) is 4. The van der Waals surface area contributed by atoms with E-state index in [1.165, 1.54) is 0 Å². The summed E-state index contributed by atoms with van der Waals surface area (Å²) in [6, 6.07) is 7.20. The number of halogens is 2. The van der Waals surface area contributed by atoms with Crippen molar-refractivity contribution in [1.29, 1.82) is 0 Å². The topological polar surface area (TPSA) is 26.3 Å². The molecule has 0 bridgehead atoms. The molecule has 2 aliphatic rings. The standard InChI is InChI=1S/C14H10Cl2O2S2/c15-9-3-1-8(2-4-9)11-7-10(16)12(13(17)18-11)14-19-5-6-20-14/h1-4,7,11H,5-6H2. The Morgan fingerprint density at radius 2 is 1.75 bits per heavy atom. The SMILES string of the molecule is O=C1OC(c2ccc(Cl)cc2)C=C(Cl)C1=C1SCCS1. The maximum absolute atomic E-state index is 12.2. The van der Waals surface area contributed by atoms with Crippen LogP contribution >= 0.6 is 46.7 Å². The molecule has 1 atom stereocenters. The third kappa shape index (κ3) is 2.89. The highest BCUT2D eigenvalue weighted by atomic mass is 35.5. The molecule has 0 radical (unpaired) electrons. The Labute approximate surface area is 135 Å². The molecule has 2 heterocycles. The molecule has 1 unspecified atom stereocenters. The minimum atomic E-state index is -0.451. The largest absolute Gasteiger partial charge is 0.449 e. The van der Waals surface area contributed by atoms with Gasteiger partial charge in [-0.1, -0.05) is 35.3 Å². The summed E-state index contributed by atoms with van der Waals surface area (Å²) in [6.07, 6.45) is 1.32. The summed E-state index contributed by atoms with van der Waals surface area (Å²) >= 11 is 15.4. The van der Waals surface area contributed by atoms with Crippen LogP contribution in [0.2, 0.25) is 5.02 Å². The van der Waals surface area contributed by atoms with Crippen LogP contribution in [0.4, 0.5) is 0 Å². The fraction of sp³-hybridized carbons (Fsp3) is 0.214. The molecule has 6 heteroatoms. The molecule has 1 fully saturated rings. The van der Waals surface area contributed by atoms with Crippen LogP contribution in [0.3, 0.4) is 0 Å². The van der Waals surface area contributed by atoms with E-state index in [1.807, 2.05) is 12.1 Å². The molecule has 2 aliphatic heterocycles. The maximum atomic E-state index is 12.2. The second kappa shape index (κ2) is 6.06. The first-order valence-electron chi connectivity index (χ1n) is 5.99. The minimum absolute atomic E-state index is 0.352. The van der Waals surface area contributed by atoms with E-state index < -0.39 is 6.10 Å². The first kappa shape index (κ1) is 14.4. The van der Waals surface area contributed by atoms with Crippen molar-refractivity contribution < 1.29 is 9.53 Å². The Balaban J connectivity index is 1.93. The van der Waals surface area contributed by atoms with Crippen LogP contribution in [-0.4, -0.2) is 17.5 Å². The number of cyclic esters (lactones) is 1. The van der Waals surface area contributed by atoms with Crippen LogP contribution in [0, 0.1) is 0 Å². The van der Waals surface area contributed by atoms with Crippen molar-refractivity contribution >= 4 is 52.7 Å². The van der Waals surface area contributed by atoms with Gasteiger partial charge in [0.25, 0.3) is 0 Å². The second-order valence-electron chi connectivity index (χ2n) is 4.25. The van der Waals surface area contributed by atoms with Gasteiger partial charge >= 0.3 is 5.97 Å². The quantitative estimate of drug-likeness (QED) is 0.542. The Hall–Kier alpha value is -0.550. The molecular weight excluding hydrogens is 335 g/mol. The van der Waals surface area contributed by atoms with Gasteiger partial charge in [-0.05, 0) is 23.8 Å². The molecule has 104 valence electrons. The number of benzene rings is 1. The van der Waals surface area contributed by atoms with Gasteiger partial charge in [0.05, 0.1) is 14.8 Å². The molecule has 0 aliphatic carbocycles. The molecule has 0 spiro atoms. The highest BCUT2D eigenvalue weighted by Gasteiger charge is 2.30. The third-order valence-corrected chi connectivity index (χ3v) is 6.21. The molecule has 1 saturated heterocycles. The van der Waals surface area contributed by atoms with Crippen molar-refractivity contribution in [3.63, 3.8) is 0 Å². The summed E-state index contributed by atoms with van der Waals surface area (Å²) in [5, 5.41) is 1.12. The van der Waals surface area contributed by atoms with E-state index in [0.29, 0.717) is 15.6 Å². The number of hydrogen-bond donors (Lipinski definition) is 0. The lowest BCUT2D eigenvalue weighted by Crippen LogP contribution is -2.18. The van der Waals surface area contributed by atoms with Gasteiger partial charge in [0.15, 0.2) is 0 Å². The normalized spacial score (nSPS) is 22.8. The van der Waals surface area contributed by atoms with Gasteiger partial charge in [-0.3, -0.25) is 0 Å². The van der Waals surface area contributed by atoms with Crippen molar-refractivity contribution in [1.82, 2.24) is 0 Å². The number of carbonyl (C=O) groups excluding carboxylic acids is 1. The van der Waals surface area contributed by atoms with Gasteiger partial charge in [-0.25, -0.2) is 4.79 Å². The Kier molecular flexibility index (Phi) is 4.36. The Bertz CT molecular complexity index is 600. The summed E-state index contributed by atoms with van der Waals surface area (Å²) < 4.78 is 6.44. The second-order valence-corrected chi connectivity index (χ2v) is 7.56. The predicted molar refractivity (Wildman–Crippen MR) is 86.2 cm³/mol. The van der Waals surface area contributed by atoms with Crippen LogP contribution in [-0.2, 0) is 9.53 Å². The number of rotatable bonds is 1. The number of esters is 1. The Morgan fingerprint density at radius 1 is 1.10 bits per heavy atom. The van der Waals surface area contributed by atoms with Crippen molar-refractivity contribution in [2.24, 2.45) is 0 Å². The van der Waals surface area contributed by atoms with Gasteiger partial charge in [0.1, 0.15) is 6.10 Å². The molecule has 2 nitrogen and oxygen atoms in total. The average molecular weight is 345 g/mol. The van der Waals surface area contributed by atoms with E-state index in [9.17, 15) is 4.79 Å². The van der Waals surface area contributed by atoms with Crippen molar-refractivity contribution in [3.05, 3.63) is 55.8 Å². The van der Waals surface area contributed by atoms with E-state index in [4.69, 9.17) is 27.9 Å². The molecule has 0 saturated carbocycles. The average Bonchev–Trinajstić information content (AvgIpc) is 2.92. The lowest BCUT2D eigenvalue weighted by atomic mass is 10.1. The summed E-state index contributed by atoms with van der Waals surface area (Å²) in [4.78, 5) is 12.2. The summed E-state index contributed by atoms with van der Waals surface area (Å²) in [6.45, 7) is 0. The summed E-state index contributed by atoms with van der Waals surface area (Å²) in [5.41, 5.74) is 1.36. The molecule has 0 N–H and O–H groups in total. The smallest absolute Gasteiger partial charge is 0.342 e. The van der Waals surface area contributed by atoms with Crippen LogP contribution in [0.25, 0.3) is 0 Å². The molecule has 0 aromatic heterocycles. The Morgan fingerprint density at radius 3 is 2.35 bits per heavy atom. The minimum Gasteiger partial charge on any atom is -0.449 e. The van der Waals surface area contributed by atoms with Crippen molar-refractivity contribution in [2.75, 3.05) is 11.5 Å². The van der Waals surface area contributed by atoms with E-state index >= 15 is 0 Å². The predicted octanol–water partition coefficient (Wildman–Crippen LogP) is 4.75. The monoisotopic (exact) mass is 344 g/mol. The number of ether oxygens (including phenoxy) is 1. The van der Waals surface area contributed by atoms with Crippen LogP contribution in [0.15, 0.2) is 45.2 Å². The zero-order valence-electron chi connectivity index (χ0n) is 10.3.